The van der Waals surface area contributed by atoms with E-state index in [2.05, 4.69) is 21.5 Å². The Hall–Kier alpha value is -1.34. The standard InChI is InChI=1S/C17H28ClN5O/c1-10-14(11(2)23-22-10)15(19)16(24)21-17(3,4)9-20-13-7-5-6-12(18)8-13/h5-8,10-11,14-15,20,22-23H,9,19H2,1-4H3,(H,21,24). The molecule has 0 spiro atoms. The Kier molecular flexibility index (Phi) is 6.09. The van der Waals surface area contributed by atoms with E-state index in [9.17, 15) is 4.79 Å². The van der Waals surface area contributed by atoms with Gasteiger partial charge in [0.2, 0.25) is 5.91 Å². The Morgan fingerprint density at radius 1 is 1.33 bits per heavy atom. The van der Waals surface area contributed by atoms with Crippen LogP contribution in [0.5, 0.6) is 0 Å². The normalized spacial score (nSPS) is 25.3. The first-order chi connectivity index (χ1) is 11.2. The van der Waals surface area contributed by atoms with Gasteiger partial charge in [-0.25, -0.2) is 0 Å². The van der Waals surface area contributed by atoms with E-state index in [1.54, 1.807) is 0 Å². The molecule has 1 amide bonds. The number of hydrazine groups is 1. The molecule has 1 aliphatic rings. The maximum absolute atomic E-state index is 12.6. The monoisotopic (exact) mass is 353 g/mol. The number of halogens is 1. The molecule has 0 aromatic heterocycles. The lowest BCUT2D eigenvalue weighted by atomic mass is 9.88. The quantitative estimate of drug-likeness (QED) is 0.534. The number of carbonyl (C=O) groups excluding carboxylic acids is 1. The van der Waals surface area contributed by atoms with Crippen molar-refractivity contribution in [2.24, 2.45) is 11.7 Å². The smallest absolute Gasteiger partial charge is 0.237 e. The second kappa shape index (κ2) is 7.70. The third-order valence-corrected chi connectivity index (χ3v) is 4.67. The number of amides is 1. The fraction of sp³-hybridized carbons (Fsp3) is 0.588. The molecule has 24 heavy (non-hydrogen) atoms. The maximum Gasteiger partial charge on any atom is 0.237 e. The molecule has 0 saturated carbocycles. The Bertz CT molecular complexity index is 570. The second-order valence-electron chi connectivity index (χ2n) is 7.21. The average molecular weight is 354 g/mol. The first-order valence-corrected chi connectivity index (χ1v) is 8.65. The predicted octanol–water partition coefficient (Wildman–Crippen LogP) is 1.48. The number of hydrogen-bond donors (Lipinski definition) is 5. The van der Waals surface area contributed by atoms with Gasteiger partial charge in [-0.3, -0.25) is 15.6 Å². The molecule has 3 atom stereocenters. The van der Waals surface area contributed by atoms with Crippen LogP contribution in [0.2, 0.25) is 5.02 Å². The van der Waals surface area contributed by atoms with Gasteiger partial charge in [-0.2, -0.15) is 0 Å². The van der Waals surface area contributed by atoms with Crippen molar-refractivity contribution in [2.45, 2.75) is 51.4 Å². The highest BCUT2D eigenvalue weighted by molar-refractivity contribution is 6.30. The van der Waals surface area contributed by atoms with E-state index in [1.165, 1.54) is 0 Å². The zero-order valence-electron chi connectivity index (χ0n) is 14.7. The minimum absolute atomic E-state index is 0.0432. The van der Waals surface area contributed by atoms with Gasteiger partial charge in [-0.15, -0.1) is 0 Å². The van der Waals surface area contributed by atoms with Crippen molar-refractivity contribution >= 4 is 23.2 Å². The first-order valence-electron chi connectivity index (χ1n) is 8.28. The molecular weight excluding hydrogens is 326 g/mol. The van der Waals surface area contributed by atoms with Crippen LogP contribution >= 0.6 is 11.6 Å². The highest BCUT2D eigenvalue weighted by Gasteiger charge is 2.39. The van der Waals surface area contributed by atoms with Crippen molar-refractivity contribution in [3.05, 3.63) is 29.3 Å². The molecule has 6 nitrogen and oxygen atoms in total. The largest absolute Gasteiger partial charge is 0.383 e. The van der Waals surface area contributed by atoms with Gasteiger partial charge in [0.1, 0.15) is 0 Å². The van der Waals surface area contributed by atoms with Crippen LogP contribution in [0.15, 0.2) is 24.3 Å². The van der Waals surface area contributed by atoms with E-state index in [1.807, 2.05) is 52.0 Å². The summed E-state index contributed by atoms with van der Waals surface area (Å²) >= 11 is 5.98. The van der Waals surface area contributed by atoms with E-state index in [0.29, 0.717) is 11.6 Å². The summed E-state index contributed by atoms with van der Waals surface area (Å²) in [7, 11) is 0. The number of rotatable bonds is 6. The summed E-state index contributed by atoms with van der Waals surface area (Å²) in [5.74, 6) is -0.0937. The Morgan fingerprint density at radius 2 is 1.96 bits per heavy atom. The molecule has 3 unspecified atom stereocenters. The third kappa shape index (κ3) is 4.83. The van der Waals surface area contributed by atoms with Crippen LogP contribution in [0.25, 0.3) is 0 Å². The van der Waals surface area contributed by atoms with Crippen LogP contribution in [-0.4, -0.2) is 36.1 Å². The van der Waals surface area contributed by atoms with Gasteiger partial charge < -0.3 is 16.4 Å². The summed E-state index contributed by atoms with van der Waals surface area (Å²) in [5, 5.41) is 7.01. The number of carbonyl (C=O) groups is 1. The Morgan fingerprint density at radius 3 is 2.54 bits per heavy atom. The first kappa shape index (κ1) is 19.0. The molecule has 7 heteroatoms. The molecule has 134 valence electrons. The van der Waals surface area contributed by atoms with Crippen LogP contribution < -0.4 is 27.2 Å². The number of nitrogens with two attached hydrogens (primary N) is 1. The third-order valence-electron chi connectivity index (χ3n) is 4.43. The van der Waals surface area contributed by atoms with Crippen molar-refractivity contribution in [1.82, 2.24) is 16.2 Å². The molecule has 1 aromatic rings. The van der Waals surface area contributed by atoms with Gasteiger partial charge in [0.05, 0.1) is 11.6 Å². The van der Waals surface area contributed by atoms with E-state index in [4.69, 9.17) is 17.3 Å². The lowest BCUT2D eigenvalue weighted by molar-refractivity contribution is -0.125. The molecular formula is C17H28ClN5O. The fourth-order valence-electron chi connectivity index (χ4n) is 3.07. The van der Waals surface area contributed by atoms with Gasteiger partial charge in [-0.05, 0) is 45.9 Å². The number of nitrogens with one attached hydrogen (secondary N) is 4. The SMILES string of the molecule is CC1NNC(C)C1C(N)C(=O)NC(C)(C)CNc1cccc(Cl)c1. The van der Waals surface area contributed by atoms with Gasteiger partial charge >= 0.3 is 0 Å². The van der Waals surface area contributed by atoms with Crippen LogP contribution in [0, 0.1) is 5.92 Å². The van der Waals surface area contributed by atoms with E-state index in [-0.39, 0.29) is 23.9 Å². The molecule has 1 heterocycles. The molecule has 1 aliphatic heterocycles. The van der Waals surface area contributed by atoms with Gasteiger partial charge in [0.15, 0.2) is 0 Å². The summed E-state index contributed by atoms with van der Waals surface area (Å²) in [6.07, 6.45) is 0. The lowest BCUT2D eigenvalue weighted by Crippen LogP contribution is -2.57. The van der Waals surface area contributed by atoms with Crippen LogP contribution in [0.4, 0.5) is 5.69 Å². The van der Waals surface area contributed by atoms with Crippen molar-refractivity contribution < 1.29 is 4.79 Å². The van der Waals surface area contributed by atoms with Crippen LogP contribution in [0.3, 0.4) is 0 Å². The highest BCUT2D eigenvalue weighted by Crippen LogP contribution is 2.19. The molecule has 1 aromatic carbocycles. The zero-order chi connectivity index (χ0) is 17.9. The molecule has 6 N–H and O–H groups in total. The molecule has 0 radical (unpaired) electrons. The summed E-state index contributed by atoms with van der Waals surface area (Å²) in [6.45, 7) is 8.55. The van der Waals surface area contributed by atoms with E-state index >= 15 is 0 Å². The Labute approximate surface area is 148 Å². The number of benzene rings is 1. The summed E-state index contributed by atoms with van der Waals surface area (Å²) < 4.78 is 0. The summed E-state index contributed by atoms with van der Waals surface area (Å²) in [5.41, 5.74) is 13.0. The predicted molar refractivity (Wildman–Crippen MR) is 98.8 cm³/mol. The number of anilines is 1. The zero-order valence-corrected chi connectivity index (χ0v) is 15.4. The number of hydrogen-bond acceptors (Lipinski definition) is 5. The van der Waals surface area contributed by atoms with Crippen molar-refractivity contribution in [3.8, 4) is 0 Å². The molecule has 2 rings (SSSR count). The molecule has 1 saturated heterocycles. The molecule has 1 fully saturated rings. The van der Waals surface area contributed by atoms with E-state index < -0.39 is 11.6 Å². The maximum atomic E-state index is 12.6. The van der Waals surface area contributed by atoms with E-state index in [0.717, 1.165) is 5.69 Å². The van der Waals surface area contributed by atoms with Crippen LogP contribution in [-0.2, 0) is 4.79 Å². The average Bonchev–Trinajstić information content (AvgIpc) is 2.83. The van der Waals surface area contributed by atoms with Gasteiger partial charge in [-0.1, -0.05) is 17.7 Å². The lowest BCUT2D eigenvalue weighted by Gasteiger charge is -2.31. The minimum atomic E-state index is -0.567. The van der Waals surface area contributed by atoms with Crippen LogP contribution in [0.1, 0.15) is 27.7 Å². The summed E-state index contributed by atoms with van der Waals surface area (Å²) in [6, 6.07) is 7.23. The second-order valence-corrected chi connectivity index (χ2v) is 7.64. The summed E-state index contributed by atoms with van der Waals surface area (Å²) in [4.78, 5) is 12.6. The molecule has 0 aliphatic carbocycles. The fourth-order valence-corrected chi connectivity index (χ4v) is 3.26. The van der Waals surface area contributed by atoms with Gasteiger partial charge in [0, 0.05) is 35.3 Å². The minimum Gasteiger partial charge on any atom is -0.383 e. The molecule has 0 bridgehead atoms. The topological polar surface area (TPSA) is 91.2 Å². The Balaban J connectivity index is 1.91. The van der Waals surface area contributed by atoms with Gasteiger partial charge in [0.25, 0.3) is 0 Å². The highest BCUT2D eigenvalue weighted by atomic mass is 35.5. The van der Waals surface area contributed by atoms with Crippen molar-refractivity contribution in [1.29, 1.82) is 0 Å². The van der Waals surface area contributed by atoms with Crippen molar-refractivity contribution in [3.63, 3.8) is 0 Å². The van der Waals surface area contributed by atoms with Crippen molar-refractivity contribution in [2.75, 3.05) is 11.9 Å².